The highest BCUT2D eigenvalue weighted by Crippen LogP contribution is 2.20. The summed E-state index contributed by atoms with van der Waals surface area (Å²) in [5.41, 5.74) is 3.39. The van der Waals surface area contributed by atoms with Crippen molar-refractivity contribution in [2.24, 2.45) is 5.92 Å². The molecule has 1 heterocycles. The number of aryl methyl sites for hydroxylation is 1. The maximum atomic E-state index is 12.4. The molecule has 1 aliphatic heterocycles. The number of rotatable bonds is 7. The molecule has 142 valence electrons. The maximum Gasteiger partial charge on any atom is 0.225 e. The quantitative estimate of drug-likeness (QED) is 0.820. The average Bonchev–Trinajstić information content (AvgIpc) is 3.04. The number of likely N-dealkylation sites (tertiary alicyclic amines) is 1. The molecule has 2 aromatic carbocycles. The second kappa shape index (κ2) is 8.71. The Morgan fingerprint density at radius 3 is 2.70 bits per heavy atom. The van der Waals surface area contributed by atoms with Crippen LogP contribution in [0.25, 0.3) is 0 Å². The average molecular weight is 366 g/mol. The van der Waals surface area contributed by atoms with E-state index in [4.69, 9.17) is 4.74 Å². The third-order valence-corrected chi connectivity index (χ3v) is 4.93. The van der Waals surface area contributed by atoms with Crippen molar-refractivity contribution < 1.29 is 14.3 Å². The highest BCUT2D eigenvalue weighted by Gasteiger charge is 2.33. The van der Waals surface area contributed by atoms with Crippen LogP contribution in [0.4, 0.5) is 0 Å². The minimum atomic E-state index is -0.270. The van der Waals surface area contributed by atoms with Gasteiger partial charge in [-0.3, -0.25) is 9.59 Å². The summed E-state index contributed by atoms with van der Waals surface area (Å²) in [7, 11) is 1.64. The lowest BCUT2D eigenvalue weighted by atomic mass is 10.1. The highest BCUT2D eigenvalue weighted by molar-refractivity contribution is 5.89. The zero-order valence-corrected chi connectivity index (χ0v) is 15.9. The maximum absolute atomic E-state index is 12.4. The van der Waals surface area contributed by atoms with Crippen LogP contribution in [-0.2, 0) is 22.6 Å². The molecule has 27 heavy (non-hydrogen) atoms. The minimum Gasteiger partial charge on any atom is -0.497 e. The molecule has 1 atom stereocenters. The van der Waals surface area contributed by atoms with Crippen molar-refractivity contribution in [3.8, 4) is 5.75 Å². The fourth-order valence-corrected chi connectivity index (χ4v) is 3.32. The van der Waals surface area contributed by atoms with Gasteiger partial charge in [0.05, 0.1) is 13.0 Å². The zero-order valence-electron chi connectivity index (χ0n) is 15.9. The highest BCUT2D eigenvalue weighted by atomic mass is 16.5. The van der Waals surface area contributed by atoms with Crippen LogP contribution >= 0.6 is 0 Å². The van der Waals surface area contributed by atoms with Crippen LogP contribution in [0.5, 0.6) is 5.75 Å². The van der Waals surface area contributed by atoms with Gasteiger partial charge in [0.25, 0.3) is 0 Å². The van der Waals surface area contributed by atoms with Gasteiger partial charge in [0.2, 0.25) is 11.8 Å². The van der Waals surface area contributed by atoms with Gasteiger partial charge in [0.15, 0.2) is 0 Å². The van der Waals surface area contributed by atoms with Crippen LogP contribution in [-0.4, -0.2) is 36.9 Å². The number of ether oxygens (including phenoxy) is 1. The summed E-state index contributed by atoms with van der Waals surface area (Å²) in [5, 5.41) is 2.96. The first-order valence-electron chi connectivity index (χ1n) is 9.29. The van der Waals surface area contributed by atoms with Crippen LogP contribution in [0.2, 0.25) is 0 Å². The molecule has 0 spiro atoms. The van der Waals surface area contributed by atoms with Crippen LogP contribution in [0.3, 0.4) is 0 Å². The Hall–Kier alpha value is -2.82. The second-order valence-corrected chi connectivity index (χ2v) is 7.05. The number of carbonyl (C=O) groups excluding carboxylic acids is 2. The molecular formula is C22H26N2O3. The van der Waals surface area contributed by atoms with Crippen LogP contribution < -0.4 is 10.1 Å². The van der Waals surface area contributed by atoms with E-state index in [1.54, 1.807) is 12.0 Å². The van der Waals surface area contributed by atoms with Crippen molar-refractivity contribution in [2.45, 2.75) is 26.3 Å². The SMILES string of the molecule is COc1cccc(CCNC(=O)C2CC(=O)N(Cc3ccc(C)cc3)C2)c1. The zero-order chi connectivity index (χ0) is 19.2. The molecule has 0 aliphatic carbocycles. The Morgan fingerprint density at radius 1 is 1.19 bits per heavy atom. The first kappa shape index (κ1) is 19.0. The number of methoxy groups -OCH3 is 1. The molecule has 5 nitrogen and oxygen atoms in total. The Bertz CT molecular complexity index is 801. The summed E-state index contributed by atoms with van der Waals surface area (Å²) in [6.07, 6.45) is 1.02. The van der Waals surface area contributed by atoms with Gasteiger partial charge in [-0.2, -0.15) is 0 Å². The smallest absolute Gasteiger partial charge is 0.225 e. The van der Waals surface area contributed by atoms with E-state index in [0.717, 1.165) is 23.3 Å². The van der Waals surface area contributed by atoms with Crippen LogP contribution in [0.15, 0.2) is 48.5 Å². The second-order valence-electron chi connectivity index (χ2n) is 7.05. The third-order valence-electron chi connectivity index (χ3n) is 4.93. The standard InChI is InChI=1S/C22H26N2O3/c1-16-6-8-18(9-7-16)14-24-15-19(13-21(24)25)22(26)23-11-10-17-4-3-5-20(12-17)27-2/h3-9,12,19H,10-11,13-15H2,1-2H3,(H,23,26). The number of nitrogens with zero attached hydrogens (tertiary/aromatic N) is 1. The molecule has 5 heteroatoms. The molecule has 2 aromatic rings. The van der Waals surface area contributed by atoms with E-state index in [0.29, 0.717) is 19.6 Å². The number of nitrogens with one attached hydrogen (secondary N) is 1. The summed E-state index contributed by atoms with van der Waals surface area (Å²) >= 11 is 0. The molecule has 3 rings (SSSR count). The number of amides is 2. The largest absolute Gasteiger partial charge is 0.497 e. The lowest BCUT2D eigenvalue weighted by Gasteiger charge is -2.17. The van der Waals surface area contributed by atoms with Crippen molar-refractivity contribution >= 4 is 11.8 Å². The Kier molecular flexibility index (Phi) is 6.12. The van der Waals surface area contributed by atoms with Gasteiger partial charge in [0.1, 0.15) is 5.75 Å². The van der Waals surface area contributed by atoms with Gasteiger partial charge >= 0.3 is 0 Å². The monoisotopic (exact) mass is 366 g/mol. The lowest BCUT2D eigenvalue weighted by Crippen LogP contribution is -2.34. The van der Waals surface area contributed by atoms with E-state index < -0.39 is 0 Å². The number of hydrogen-bond donors (Lipinski definition) is 1. The van der Waals surface area contributed by atoms with Gasteiger partial charge < -0.3 is 15.0 Å². The molecule has 2 amide bonds. The molecular weight excluding hydrogens is 340 g/mol. The summed E-state index contributed by atoms with van der Waals surface area (Å²) in [6, 6.07) is 16.0. The number of benzene rings is 2. The number of hydrogen-bond acceptors (Lipinski definition) is 3. The Morgan fingerprint density at radius 2 is 1.96 bits per heavy atom. The molecule has 1 N–H and O–H groups in total. The van der Waals surface area contributed by atoms with E-state index in [-0.39, 0.29) is 24.2 Å². The third kappa shape index (κ3) is 5.09. The van der Waals surface area contributed by atoms with Crippen molar-refractivity contribution in [2.75, 3.05) is 20.2 Å². The summed E-state index contributed by atoms with van der Waals surface area (Å²) < 4.78 is 5.21. The van der Waals surface area contributed by atoms with Crippen LogP contribution in [0, 0.1) is 12.8 Å². The molecule has 1 fully saturated rings. The van der Waals surface area contributed by atoms with Crippen molar-refractivity contribution in [1.82, 2.24) is 10.2 Å². The molecule has 1 unspecified atom stereocenters. The Balaban J connectivity index is 1.47. The molecule has 1 saturated heterocycles. The summed E-state index contributed by atoms with van der Waals surface area (Å²) in [6.45, 7) is 3.63. The predicted molar refractivity (Wildman–Crippen MR) is 104 cm³/mol. The first-order valence-corrected chi connectivity index (χ1v) is 9.29. The van der Waals surface area contributed by atoms with Gasteiger partial charge in [-0.25, -0.2) is 0 Å². The molecule has 0 bridgehead atoms. The minimum absolute atomic E-state index is 0.0438. The topological polar surface area (TPSA) is 58.6 Å². The fraction of sp³-hybridized carbons (Fsp3) is 0.364. The van der Waals surface area contributed by atoms with Gasteiger partial charge in [-0.1, -0.05) is 42.0 Å². The van der Waals surface area contributed by atoms with E-state index in [2.05, 4.69) is 5.32 Å². The first-order chi connectivity index (χ1) is 13.0. The normalized spacial score (nSPS) is 16.4. The molecule has 0 radical (unpaired) electrons. The molecule has 1 aliphatic rings. The lowest BCUT2D eigenvalue weighted by molar-refractivity contribution is -0.129. The predicted octanol–water partition coefficient (Wildman–Crippen LogP) is 2.71. The van der Waals surface area contributed by atoms with E-state index in [1.807, 2.05) is 55.5 Å². The van der Waals surface area contributed by atoms with E-state index in [9.17, 15) is 9.59 Å². The van der Waals surface area contributed by atoms with Gasteiger partial charge in [-0.15, -0.1) is 0 Å². The van der Waals surface area contributed by atoms with Gasteiger partial charge in [0, 0.05) is 26.1 Å². The van der Waals surface area contributed by atoms with Crippen molar-refractivity contribution in [3.05, 3.63) is 65.2 Å². The van der Waals surface area contributed by atoms with Crippen LogP contribution in [0.1, 0.15) is 23.1 Å². The molecule has 0 saturated carbocycles. The van der Waals surface area contributed by atoms with Gasteiger partial charge in [-0.05, 0) is 36.6 Å². The summed E-state index contributed by atoms with van der Waals surface area (Å²) in [5.74, 6) is 0.543. The summed E-state index contributed by atoms with van der Waals surface area (Å²) in [4.78, 5) is 26.5. The molecule has 0 aromatic heterocycles. The van der Waals surface area contributed by atoms with Crippen molar-refractivity contribution in [3.63, 3.8) is 0 Å². The Labute approximate surface area is 160 Å². The van der Waals surface area contributed by atoms with E-state index >= 15 is 0 Å². The fourth-order valence-electron chi connectivity index (χ4n) is 3.32. The number of carbonyl (C=O) groups is 2. The van der Waals surface area contributed by atoms with Crippen molar-refractivity contribution in [1.29, 1.82) is 0 Å². The van der Waals surface area contributed by atoms with E-state index in [1.165, 1.54) is 5.56 Å².